The molecule has 0 unspecified atom stereocenters. The molecule has 0 aliphatic rings. The van der Waals surface area contributed by atoms with E-state index in [9.17, 15) is 18.0 Å². The molecule has 2 heterocycles. The third kappa shape index (κ3) is 5.19. The molecule has 2 aromatic heterocycles. The van der Waals surface area contributed by atoms with Crippen LogP contribution < -0.4 is 19.8 Å². The number of hydrogen-bond acceptors (Lipinski definition) is 7. The first kappa shape index (κ1) is 22.2. The summed E-state index contributed by atoms with van der Waals surface area (Å²) >= 11 is 0. The number of amides is 1. The number of aromatic nitrogens is 1. The maximum Gasteiger partial charge on any atom is 0.414 e. The molecule has 0 saturated carbocycles. The summed E-state index contributed by atoms with van der Waals surface area (Å²) in [5, 5.41) is 0.686. The number of anilines is 1. The molecule has 0 aliphatic carbocycles. The van der Waals surface area contributed by atoms with Crippen LogP contribution in [0.3, 0.4) is 0 Å². The predicted octanol–water partition coefficient (Wildman–Crippen LogP) is 2.02. The van der Waals surface area contributed by atoms with Gasteiger partial charge in [-0.1, -0.05) is 6.07 Å². The van der Waals surface area contributed by atoms with Crippen molar-refractivity contribution in [3.05, 3.63) is 63.6 Å². The van der Waals surface area contributed by atoms with Crippen molar-refractivity contribution in [3.8, 4) is 5.75 Å². The van der Waals surface area contributed by atoms with Crippen molar-refractivity contribution in [2.24, 2.45) is 0 Å². The van der Waals surface area contributed by atoms with Crippen LogP contribution in [0.15, 0.2) is 45.6 Å². The standard InChI is InChI=1S/C20H22N4O6S/c1-12-15-9-8-14(29-20(26)24(3)4)11-17(15)30-19(25)16(12)10-13-6-5-7-18(22-13)23-31(27,28)21-2/h5-9,11,21H,10H2,1-4H3,(H,22,23). The number of rotatable bonds is 6. The highest BCUT2D eigenvalue weighted by atomic mass is 32.2. The van der Waals surface area contributed by atoms with E-state index in [0.717, 1.165) is 0 Å². The molecular formula is C20H22N4O6S. The van der Waals surface area contributed by atoms with Crippen LogP contribution in [0.5, 0.6) is 5.75 Å². The van der Waals surface area contributed by atoms with Crippen molar-refractivity contribution in [1.29, 1.82) is 0 Å². The average molecular weight is 446 g/mol. The van der Waals surface area contributed by atoms with Crippen molar-refractivity contribution in [3.63, 3.8) is 0 Å². The summed E-state index contributed by atoms with van der Waals surface area (Å²) in [6.07, 6.45) is -0.397. The molecule has 0 radical (unpaired) electrons. The molecule has 1 aromatic carbocycles. The number of fused-ring (bicyclic) bond motifs is 1. The molecular weight excluding hydrogens is 424 g/mol. The van der Waals surface area contributed by atoms with Gasteiger partial charge < -0.3 is 14.1 Å². The number of carbonyl (C=O) groups excluding carboxylic acids is 1. The second kappa shape index (κ2) is 8.74. The quantitative estimate of drug-likeness (QED) is 0.554. The fraction of sp³-hybridized carbons (Fsp3) is 0.250. The minimum absolute atomic E-state index is 0.127. The van der Waals surface area contributed by atoms with Crippen LogP contribution in [0.25, 0.3) is 11.0 Å². The van der Waals surface area contributed by atoms with Gasteiger partial charge in [-0.25, -0.2) is 19.3 Å². The van der Waals surface area contributed by atoms with E-state index in [1.807, 2.05) is 0 Å². The summed E-state index contributed by atoms with van der Waals surface area (Å²) in [4.78, 5) is 29.9. The summed E-state index contributed by atoms with van der Waals surface area (Å²) in [5.41, 5.74) is 1.32. The normalized spacial score (nSPS) is 11.4. The SMILES string of the molecule is CNS(=O)(=O)Nc1cccc(Cc2c(C)c3ccc(OC(=O)N(C)C)cc3oc2=O)n1. The zero-order valence-electron chi connectivity index (χ0n) is 17.4. The summed E-state index contributed by atoms with van der Waals surface area (Å²) < 4.78 is 38.4. The van der Waals surface area contributed by atoms with E-state index < -0.39 is 21.9 Å². The fourth-order valence-corrected chi connectivity index (χ4v) is 3.33. The number of ether oxygens (including phenoxy) is 1. The van der Waals surface area contributed by atoms with Gasteiger partial charge in [0.15, 0.2) is 0 Å². The van der Waals surface area contributed by atoms with Crippen LogP contribution in [0.2, 0.25) is 0 Å². The Bertz CT molecular complexity index is 1300. The zero-order valence-corrected chi connectivity index (χ0v) is 18.2. The molecule has 11 heteroatoms. The van der Waals surface area contributed by atoms with E-state index >= 15 is 0 Å². The molecule has 31 heavy (non-hydrogen) atoms. The van der Waals surface area contributed by atoms with E-state index in [-0.39, 0.29) is 18.0 Å². The first-order valence-corrected chi connectivity index (χ1v) is 10.7. The van der Waals surface area contributed by atoms with E-state index in [1.54, 1.807) is 45.3 Å². The Hall–Kier alpha value is -3.44. The van der Waals surface area contributed by atoms with E-state index in [4.69, 9.17) is 9.15 Å². The predicted molar refractivity (Wildman–Crippen MR) is 116 cm³/mol. The van der Waals surface area contributed by atoms with Gasteiger partial charge in [0.05, 0.1) is 0 Å². The molecule has 0 spiro atoms. The fourth-order valence-electron chi connectivity index (χ4n) is 2.84. The monoisotopic (exact) mass is 446 g/mol. The number of benzene rings is 1. The van der Waals surface area contributed by atoms with Gasteiger partial charge in [0.1, 0.15) is 17.2 Å². The molecule has 2 N–H and O–H groups in total. The first-order valence-electron chi connectivity index (χ1n) is 9.22. The van der Waals surface area contributed by atoms with Crippen molar-refractivity contribution in [2.45, 2.75) is 13.3 Å². The molecule has 0 atom stereocenters. The number of nitrogens with zero attached hydrogens (tertiary/aromatic N) is 2. The Labute approximate surface area is 179 Å². The van der Waals surface area contributed by atoms with Crippen molar-refractivity contribution < 1.29 is 22.4 Å². The molecule has 10 nitrogen and oxygen atoms in total. The van der Waals surface area contributed by atoms with Gasteiger partial charge in [0.25, 0.3) is 10.2 Å². The molecule has 164 valence electrons. The lowest BCUT2D eigenvalue weighted by atomic mass is 10.0. The van der Waals surface area contributed by atoms with Crippen LogP contribution >= 0.6 is 0 Å². The molecule has 3 rings (SSSR count). The third-order valence-electron chi connectivity index (χ3n) is 4.50. The average Bonchev–Trinajstić information content (AvgIpc) is 2.71. The Morgan fingerprint density at radius 1 is 1.23 bits per heavy atom. The molecule has 3 aromatic rings. The highest BCUT2D eigenvalue weighted by molar-refractivity contribution is 7.90. The van der Waals surface area contributed by atoms with Gasteiger partial charge in [0.2, 0.25) is 0 Å². The topological polar surface area (TPSA) is 131 Å². The van der Waals surface area contributed by atoms with Crippen LogP contribution in [0.4, 0.5) is 10.6 Å². The van der Waals surface area contributed by atoms with Crippen LogP contribution in [0, 0.1) is 6.92 Å². The highest BCUT2D eigenvalue weighted by Gasteiger charge is 2.15. The highest BCUT2D eigenvalue weighted by Crippen LogP contribution is 2.25. The smallest absolute Gasteiger partial charge is 0.414 e. The Kier molecular flexibility index (Phi) is 6.27. The lowest BCUT2D eigenvalue weighted by Gasteiger charge is -2.12. The Balaban J connectivity index is 1.93. The van der Waals surface area contributed by atoms with Crippen molar-refractivity contribution >= 4 is 33.1 Å². The number of hydrogen-bond donors (Lipinski definition) is 2. The molecule has 1 amide bonds. The molecule has 0 aliphatic heterocycles. The van der Waals surface area contributed by atoms with Crippen LogP contribution in [-0.2, 0) is 16.6 Å². The third-order valence-corrected chi connectivity index (χ3v) is 5.52. The second-order valence-electron chi connectivity index (χ2n) is 6.91. The van der Waals surface area contributed by atoms with Crippen molar-refractivity contribution in [2.75, 3.05) is 25.9 Å². The zero-order chi connectivity index (χ0) is 22.8. The largest absolute Gasteiger partial charge is 0.422 e. The van der Waals surface area contributed by atoms with Gasteiger partial charge in [-0.3, -0.25) is 4.72 Å². The van der Waals surface area contributed by atoms with Gasteiger partial charge in [-0.15, -0.1) is 0 Å². The van der Waals surface area contributed by atoms with Crippen LogP contribution in [0.1, 0.15) is 16.8 Å². The summed E-state index contributed by atoms with van der Waals surface area (Å²) in [5.74, 6) is 0.384. The maximum absolute atomic E-state index is 12.6. The minimum atomic E-state index is -3.71. The van der Waals surface area contributed by atoms with E-state index in [2.05, 4.69) is 14.4 Å². The van der Waals surface area contributed by atoms with Crippen molar-refractivity contribution in [1.82, 2.24) is 14.6 Å². The first-order chi connectivity index (χ1) is 14.6. The summed E-state index contributed by atoms with van der Waals surface area (Å²) in [7, 11) is 0.698. The number of carbonyl (C=O) groups is 1. The lowest BCUT2D eigenvalue weighted by molar-refractivity contribution is 0.172. The maximum atomic E-state index is 12.6. The summed E-state index contributed by atoms with van der Waals surface area (Å²) in [6.45, 7) is 1.79. The lowest BCUT2D eigenvalue weighted by Crippen LogP contribution is -2.27. The number of pyridine rings is 1. The van der Waals surface area contributed by atoms with Gasteiger partial charge in [-0.2, -0.15) is 8.42 Å². The summed E-state index contributed by atoms with van der Waals surface area (Å²) in [6, 6.07) is 9.64. The Morgan fingerprint density at radius 3 is 2.65 bits per heavy atom. The number of aryl methyl sites for hydroxylation is 1. The van der Waals surface area contributed by atoms with E-state index in [1.165, 1.54) is 24.1 Å². The minimum Gasteiger partial charge on any atom is -0.422 e. The van der Waals surface area contributed by atoms with Gasteiger partial charge in [0, 0.05) is 50.3 Å². The molecule has 0 bridgehead atoms. The second-order valence-corrected chi connectivity index (χ2v) is 8.53. The molecule has 0 fully saturated rings. The van der Waals surface area contributed by atoms with E-state index in [0.29, 0.717) is 27.8 Å². The van der Waals surface area contributed by atoms with Gasteiger partial charge >= 0.3 is 11.7 Å². The van der Waals surface area contributed by atoms with Crippen LogP contribution in [-0.4, -0.2) is 45.5 Å². The number of nitrogens with one attached hydrogen (secondary N) is 2. The molecule has 0 saturated heterocycles. The Morgan fingerprint density at radius 2 is 1.97 bits per heavy atom. The van der Waals surface area contributed by atoms with Gasteiger partial charge in [-0.05, 0) is 36.8 Å².